The first-order valence-corrected chi connectivity index (χ1v) is 7.27. The molecule has 0 bridgehead atoms. The first kappa shape index (κ1) is 15.4. The van der Waals surface area contributed by atoms with Crippen molar-refractivity contribution in [3.8, 4) is 0 Å². The summed E-state index contributed by atoms with van der Waals surface area (Å²) in [6, 6.07) is 0.288. The van der Waals surface area contributed by atoms with Crippen molar-refractivity contribution in [2.45, 2.75) is 58.6 Å². The quantitative estimate of drug-likeness (QED) is 0.755. The summed E-state index contributed by atoms with van der Waals surface area (Å²) >= 11 is 0. The summed E-state index contributed by atoms with van der Waals surface area (Å²) in [5, 5.41) is 3.31. The van der Waals surface area contributed by atoms with Gasteiger partial charge in [0.25, 0.3) is 0 Å². The molecule has 0 spiro atoms. The molecule has 0 unspecified atom stereocenters. The molecule has 0 atom stereocenters. The van der Waals surface area contributed by atoms with E-state index in [1.54, 1.807) is 0 Å². The average Bonchev–Trinajstić information content (AvgIpc) is 2.36. The maximum atomic E-state index is 12.0. The fourth-order valence-electron chi connectivity index (χ4n) is 2.33. The van der Waals surface area contributed by atoms with Crippen molar-refractivity contribution in [1.82, 2.24) is 10.2 Å². The van der Waals surface area contributed by atoms with Gasteiger partial charge < -0.3 is 15.0 Å². The van der Waals surface area contributed by atoms with Crippen molar-refractivity contribution < 1.29 is 9.53 Å². The van der Waals surface area contributed by atoms with E-state index in [-0.39, 0.29) is 11.9 Å². The number of ether oxygens (including phenoxy) is 1. The van der Waals surface area contributed by atoms with Gasteiger partial charge in [-0.15, -0.1) is 0 Å². The van der Waals surface area contributed by atoms with Gasteiger partial charge in [0.15, 0.2) is 0 Å². The highest BCUT2D eigenvalue weighted by molar-refractivity contribution is 5.76. The molecule has 0 aromatic rings. The number of hydrogen-bond donors (Lipinski definition) is 1. The Morgan fingerprint density at radius 2 is 2.06 bits per heavy atom. The van der Waals surface area contributed by atoms with Crippen molar-refractivity contribution in [2.75, 3.05) is 26.2 Å². The van der Waals surface area contributed by atoms with Gasteiger partial charge in [-0.1, -0.05) is 6.92 Å². The molecule has 1 N–H and O–H groups in total. The van der Waals surface area contributed by atoms with Crippen molar-refractivity contribution in [3.05, 3.63) is 0 Å². The lowest BCUT2D eigenvalue weighted by atomic mass is 10.1. The standard InChI is InChI=1S/C14H28N2O2/c1-4-10-16(12(2)3)14(17)7-11-18-13-5-8-15-9-6-13/h12-13,15H,4-11H2,1-3H3. The Balaban J connectivity index is 2.21. The number of carbonyl (C=O) groups excluding carboxylic acids is 1. The molecule has 1 saturated heterocycles. The molecule has 1 amide bonds. The second kappa shape index (κ2) is 8.48. The summed E-state index contributed by atoms with van der Waals surface area (Å²) in [5.41, 5.74) is 0. The van der Waals surface area contributed by atoms with Gasteiger partial charge >= 0.3 is 0 Å². The number of hydrogen-bond acceptors (Lipinski definition) is 3. The van der Waals surface area contributed by atoms with E-state index in [4.69, 9.17) is 4.74 Å². The van der Waals surface area contributed by atoms with Crippen LogP contribution in [0.15, 0.2) is 0 Å². The second-order valence-corrected chi connectivity index (χ2v) is 5.25. The Labute approximate surface area is 111 Å². The normalized spacial score (nSPS) is 17.1. The number of rotatable bonds is 7. The van der Waals surface area contributed by atoms with Crippen LogP contribution in [0.4, 0.5) is 0 Å². The minimum absolute atomic E-state index is 0.223. The molecule has 1 heterocycles. The largest absolute Gasteiger partial charge is 0.378 e. The van der Waals surface area contributed by atoms with E-state index < -0.39 is 0 Å². The maximum Gasteiger partial charge on any atom is 0.225 e. The monoisotopic (exact) mass is 256 g/mol. The van der Waals surface area contributed by atoms with E-state index >= 15 is 0 Å². The van der Waals surface area contributed by atoms with Crippen molar-refractivity contribution in [2.24, 2.45) is 0 Å². The molecule has 4 nitrogen and oxygen atoms in total. The number of amides is 1. The van der Waals surface area contributed by atoms with E-state index in [1.807, 2.05) is 4.90 Å². The molecule has 0 aromatic carbocycles. The fraction of sp³-hybridized carbons (Fsp3) is 0.929. The highest BCUT2D eigenvalue weighted by Gasteiger charge is 2.17. The summed E-state index contributed by atoms with van der Waals surface area (Å²) in [7, 11) is 0. The summed E-state index contributed by atoms with van der Waals surface area (Å²) in [4.78, 5) is 14.0. The van der Waals surface area contributed by atoms with Gasteiger partial charge in [-0.25, -0.2) is 0 Å². The highest BCUT2D eigenvalue weighted by Crippen LogP contribution is 2.09. The lowest BCUT2D eigenvalue weighted by Gasteiger charge is -2.27. The molecule has 0 radical (unpaired) electrons. The highest BCUT2D eigenvalue weighted by atomic mass is 16.5. The Hall–Kier alpha value is -0.610. The van der Waals surface area contributed by atoms with Crippen molar-refractivity contribution >= 4 is 5.91 Å². The maximum absolute atomic E-state index is 12.0. The summed E-state index contributed by atoms with van der Waals surface area (Å²) in [6.07, 6.45) is 4.01. The van der Waals surface area contributed by atoms with E-state index in [0.29, 0.717) is 19.1 Å². The molecular formula is C14H28N2O2. The molecule has 1 rings (SSSR count). The van der Waals surface area contributed by atoms with Crippen LogP contribution in [0.1, 0.15) is 46.5 Å². The van der Waals surface area contributed by atoms with E-state index in [2.05, 4.69) is 26.1 Å². The van der Waals surface area contributed by atoms with Gasteiger partial charge in [0.2, 0.25) is 5.91 Å². The SMILES string of the molecule is CCCN(C(=O)CCOC1CCNCC1)C(C)C. The smallest absolute Gasteiger partial charge is 0.225 e. The average molecular weight is 256 g/mol. The summed E-state index contributed by atoms with van der Waals surface area (Å²) < 4.78 is 5.77. The molecule has 0 aliphatic carbocycles. The Kier molecular flexibility index (Phi) is 7.28. The third-order valence-electron chi connectivity index (χ3n) is 3.36. The van der Waals surface area contributed by atoms with E-state index in [0.717, 1.165) is 38.9 Å². The predicted octanol–water partition coefficient (Wildman–Crippen LogP) is 1.79. The van der Waals surface area contributed by atoms with Crippen LogP contribution in [0.2, 0.25) is 0 Å². The lowest BCUT2D eigenvalue weighted by Crippen LogP contribution is -2.38. The second-order valence-electron chi connectivity index (χ2n) is 5.25. The molecule has 1 aliphatic heterocycles. The van der Waals surface area contributed by atoms with Crippen LogP contribution in [-0.2, 0) is 9.53 Å². The fourth-order valence-corrected chi connectivity index (χ4v) is 2.33. The minimum atomic E-state index is 0.223. The van der Waals surface area contributed by atoms with E-state index in [1.165, 1.54) is 0 Å². The van der Waals surface area contributed by atoms with E-state index in [9.17, 15) is 4.79 Å². The Bertz CT molecular complexity index is 238. The lowest BCUT2D eigenvalue weighted by molar-refractivity contribution is -0.134. The van der Waals surface area contributed by atoms with Gasteiger partial charge in [0.1, 0.15) is 0 Å². The third-order valence-corrected chi connectivity index (χ3v) is 3.36. The molecular weight excluding hydrogens is 228 g/mol. The van der Waals surface area contributed by atoms with Gasteiger partial charge in [-0.2, -0.15) is 0 Å². The van der Waals surface area contributed by atoms with Crippen molar-refractivity contribution in [3.63, 3.8) is 0 Å². The number of piperidine rings is 1. The zero-order valence-electron chi connectivity index (χ0n) is 12.1. The van der Waals surface area contributed by atoms with Crippen LogP contribution >= 0.6 is 0 Å². The summed E-state index contributed by atoms with van der Waals surface area (Å²) in [6.45, 7) is 9.73. The molecule has 106 valence electrons. The van der Waals surface area contributed by atoms with Crippen LogP contribution in [0.5, 0.6) is 0 Å². The molecule has 0 saturated carbocycles. The molecule has 4 heteroatoms. The van der Waals surface area contributed by atoms with Crippen LogP contribution < -0.4 is 5.32 Å². The zero-order valence-corrected chi connectivity index (χ0v) is 12.1. The van der Waals surface area contributed by atoms with Crippen LogP contribution in [0.25, 0.3) is 0 Å². The van der Waals surface area contributed by atoms with Crippen molar-refractivity contribution in [1.29, 1.82) is 0 Å². The third kappa shape index (κ3) is 5.36. The van der Waals surface area contributed by atoms with Crippen LogP contribution in [0.3, 0.4) is 0 Å². The number of nitrogens with zero attached hydrogens (tertiary/aromatic N) is 1. The first-order valence-electron chi connectivity index (χ1n) is 7.27. The Morgan fingerprint density at radius 1 is 1.39 bits per heavy atom. The number of nitrogens with one attached hydrogen (secondary N) is 1. The predicted molar refractivity (Wildman–Crippen MR) is 73.6 cm³/mol. The van der Waals surface area contributed by atoms with Gasteiger partial charge in [0, 0.05) is 12.6 Å². The van der Waals surface area contributed by atoms with Gasteiger partial charge in [0.05, 0.1) is 19.1 Å². The molecule has 1 fully saturated rings. The Morgan fingerprint density at radius 3 is 2.61 bits per heavy atom. The molecule has 1 aliphatic rings. The van der Waals surface area contributed by atoms with Gasteiger partial charge in [-0.05, 0) is 46.2 Å². The van der Waals surface area contributed by atoms with Crippen LogP contribution in [-0.4, -0.2) is 49.2 Å². The first-order chi connectivity index (χ1) is 8.65. The van der Waals surface area contributed by atoms with Gasteiger partial charge in [-0.3, -0.25) is 4.79 Å². The topological polar surface area (TPSA) is 41.6 Å². The number of carbonyl (C=O) groups is 1. The minimum Gasteiger partial charge on any atom is -0.378 e. The molecule has 18 heavy (non-hydrogen) atoms. The molecule has 0 aromatic heterocycles. The van der Waals surface area contributed by atoms with Crippen LogP contribution in [0, 0.1) is 0 Å². The summed E-state index contributed by atoms with van der Waals surface area (Å²) in [5.74, 6) is 0.223. The zero-order chi connectivity index (χ0) is 13.4.